The number of hydrogen-bond donors (Lipinski definition) is 3. The molecule has 1 aliphatic heterocycles. The first-order valence-corrected chi connectivity index (χ1v) is 12.7. The maximum absolute atomic E-state index is 13.4. The van der Waals surface area contributed by atoms with Gasteiger partial charge in [0.2, 0.25) is 0 Å². The van der Waals surface area contributed by atoms with Gasteiger partial charge in [-0.15, -0.1) is 11.3 Å². The average Bonchev–Trinajstić information content (AvgIpc) is 3.44. The van der Waals surface area contributed by atoms with Crippen molar-refractivity contribution < 1.29 is 14.3 Å². The number of ether oxygens (including phenoxy) is 1. The zero-order valence-corrected chi connectivity index (χ0v) is 20.5. The number of aryl methyl sites for hydroxylation is 1. The highest BCUT2D eigenvalue weighted by Crippen LogP contribution is 2.46. The van der Waals surface area contributed by atoms with E-state index < -0.39 is 0 Å². The molecule has 2 aromatic heterocycles. The standard InChI is InChI=1S/C27H25N5O3S/c1-15-13-19(35-18-5-3-2-4-6-18)9-10-20(15)32-21-11-12-29-26-22(21)23(31-27(32)34)24(36-26)25(33)30-17-8-7-16(28)14-17/h2-6,9-13,16-17H,7-8,14,28H2,1H3,(H,30,33)(H,31,34)/t16?,17-/m0/s1. The zero-order chi connectivity index (χ0) is 24.8. The number of rotatable bonds is 5. The molecule has 0 spiro atoms. The summed E-state index contributed by atoms with van der Waals surface area (Å²) in [5, 5.41) is 6.80. The van der Waals surface area contributed by atoms with Crippen LogP contribution in [0.1, 0.15) is 34.5 Å². The molecule has 36 heavy (non-hydrogen) atoms. The Kier molecular flexibility index (Phi) is 5.58. The summed E-state index contributed by atoms with van der Waals surface area (Å²) in [6.07, 6.45) is 4.19. The van der Waals surface area contributed by atoms with E-state index in [0.717, 1.165) is 41.6 Å². The number of urea groups is 1. The van der Waals surface area contributed by atoms with Gasteiger partial charge in [0.25, 0.3) is 5.91 Å². The van der Waals surface area contributed by atoms with Gasteiger partial charge in [-0.2, -0.15) is 0 Å². The molecule has 1 fully saturated rings. The average molecular weight is 500 g/mol. The van der Waals surface area contributed by atoms with Gasteiger partial charge in [-0.3, -0.25) is 9.69 Å². The fraction of sp³-hybridized carbons (Fsp3) is 0.222. The van der Waals surface area contributed by atoms with Gasteiger partial charge in [0.05, 0.1) is 22.4 Å². The van der Waals surface area contributed by atoms with Gasteiger partial charge in [-0.05, 0) is 68.1 Å². The molecule has 2 aromatic carbocycles. The number of carbonyl (C=O) groups excluding carboxylic acids is 2. The van der Waals surface area contributed by atoms with E-state index in [-0.39, 0.29) is 24.0 Å². The number of nitrogens with two attached hydrogens (primary N) is 1. The summed E-state index contributed by atoms with van der Waals surface area (Å²) in [5.74, 6) is 1.22. The lowest BCUT2D eigenvalue weighted by Crippen LogP contribution is -2.36. The van der Waals surface area contributed by atoms with Crippen molar-refractivity contribution in [3.8, 4) is 11.5 Å². The summed E-state index contributed by atoms with van der Waals surface area (Å²) in [7, 11) is 0. The Morgan fingerprint density at radius 2 is 1.97 bits per heavy atom. The molecule has 3 heterocycles. The summed E-state index contributed by atoms with van der Waals surface area (Å²) < 4.78 is 5.95. The van der Waals surface area contributed by atoms with Crippen LogP contribution < -0.4 is 26.0 Å². The van der Waals surface area contributed by atoms with E-state index in [2.05, 4.69) is 15.6 Å². The largest absolute Gasteiger partial charge is 0.457 e. The van der Waals surface area contributed by atoms with E-state index >= 15 is 0 Å². The predicted octanol–water partition coefficient (Wildman–Crippen LogP) is 5.69. The monoisotopic (exact) mass is 499 g/mol. The molecule has 2 atom stereocenters. The number of amides is 3. The molecule has 9 heteroatoms. The van der Waals surface area contributed by atoms with E-state index in [0.29, 0.717) is 26.8 Å². The van der Waals surface area contributed by atoms with Gasteiger partial charge >= 0.3 is 6.03 Å². The lowest BCUT2D eigenvalue weighted by molar-refractivity contribution is 0.0942. The van der Waals surface area contributed by atoms with E-state index in [4.69, 9.17) is 10.5 Å². The maximum Gasteiger partial charge on any atom is 0.331 e. The van der Waals surface area contributed by atoms with E-state index in [1.807, 2.05) is 61.5 Å². The zero-order valence-electron chi connectivity index (χ0n) is 19.7. The van der Waals surface area contributed by atoms with E-state index in [1.165, 1.54) is 11.3 Å². The predicted molar refractivity (Wildman–Crippen MR) is 142 cm³/mol. The molecule has 3 amide bonds. The number of hydrogen-bond acceptors (Lipinski definition) is 6. The van der Waals surface area contributed by atoms with E-state index in [9.17, 15) is 9.59 Å². The minimum atomic E-state index is -0.329. The second-order valence-electron chi connectivity index (χ2n) is 9.19. The van der Waals surface area contributed by atoms with Crippen LogP contribution in [0.5, 0.6) is 11.5 Å². The quantitative estimate of drug-likeness (QED) is 0.327. The number of para-hydroxylation sites is 1. The fourth-order valence-electron chi connectivity index (χ4n) is 4.95. The van der Waals surface area contributed by atoms with Crippen molar-refractivity contribution in [2.45, 2.75) is 38.3 Å². The minimum Gasteiger partial charge on any atom is -0.457 e. The third kappa shape index (κ3) is 3.96. The highest BCUT2D eigenvalue weighted by atomic mass is 32.1. The van der Waals surface area contributed by atoms with Crippen molar-refractivity contribution in [2.75, 3.05) is 10.2 Å². The van der Waals surface area contributed by atoms with Gasteiger partial charge in [-0.25, -0.2) is 9.78 Å². The third-order valence-corrected chi connectivity index (χ3v) is 7.75. The second kappa shape index (κ2) is 8.92. The molecule has 8 nitrogen and oxygen atoms in total. The molecule has 1 unspecified atom stereocenters. The van der Waals surface area contributed by atoms with Gasteiger partial charge < -0.3 is 21.1 Å². The SMILES string of the molecule is Cc1cc(Oc2ccccc2)ccc1N1C(=O)Nc2c(C(=O)N[C@H]3CCC(N)C3)sc3nccc1c23. The molecule has 0 radical (unpaired) electrons. The minimum absolute atomic E-state index is 0.0485. The van der Waals surface area contributed by atoms with Crippen LogP contribution in [0.4, 0.5) is 21.9 Å². The number of nitrogens with zero attached hydrogens (tertiary/aromatic N) is 2. The van der Waals surface area contributed by atoms with Crippen molar-refractivity contribution >= 4 is 50.6 Å². The summed E-state index contributed by atoms with van der Waals surface area (Å²) >= 11 is 1.29. The smallest absolute Gasteiger partial charge is 0.331 e. The number of carbonyl (C=O) groups is 2. The Hall–Kier alpha value is -3.95. The van der Waals surface area contributed by atoms with Crippen LogP contribution in [0.25, 0.3) is 10.2 Å². The summed E-state index contributed by atoms with van der Waals surface area (Å²) in [6.45, 7) is 1.94. The molecule has 4 N–H and O–H groups in total. The van der Waals surface area contributed by atoms with Crippen molar-refractivity contribution in [3.63, 3.8) is 0 Å². The molecule has 2 aliphatic rings. The first-order valence-electron chi connectivity index (χ1n) is 11.9. The number of thiophene rings is 1. The maximum atomic E-state index is 13.4. The second-order valence-corrected chi connectivity index (χ2v) is 10.2. The number of pyridine rings is 1. The Balaban J connectivity index is 1.34. The van der Waals surface area contributed by atoms with Crippen molar-refractivity contribution in [2.24, 2.45) is 5.73 Å². The Morgan fingerprint density at radius 3 is 2.72 bits per heavy atom. The molecule has 182 valence electrons. The van der Waals surface area contributed by atoms with Crippen molar-refractivity contribution in [1.82, 2.24) is 10.3 Å². The van der Waals surface area contributed by atoms with Crippen LogP contribution in [0, 0.1) is 6.92 Å². The summed E-state index contributed by atoms with van der Waals surface area (Å²) in [5.41, 5.74) is 8.81. The molecule has 1 aliphatic carbocycles. The Labute approximate surface area is 212 Å². The number of benzene rings is 2. The third-order valence-electron chi connectivity index (χ3n) is 6.65. The number of nitrogens with one attached hydrogen (secondary N) is 2. The number of anilines is 3. The van der Waals surface area contributed by atoms with Crippen LogP contribution in [0.3, 0.4) is 0 Å². The van der Waals surface area contributed by atoms with Crippen LogP contribution in [0.15, 0.2) is 60.8 Å². The van der Waals surface area contributed by atoms with Gasteiger partial charge in [-0.1, -0.05) is 18.2 Å². The lowest BCUT2D eigenvalue weighted by Gasteiger charge is -2.29. The molecule has 0 bridgehead atoms. The summed E-state index contributed by atoms with van der Waals surface area (Å²) in [4.78, 5) is 33.8. The highest BCUT2D eigenvalue weighted by molar-refractivity contribution is 7.21. The highest BCUT2D eigenvalue weighted by Gasteiger charge is 2.34. The first kappa shape index (κ1) is 22.5. The molecular formula is C27H25N5O3S. The van der Waals surface area contributed by atoms with Crippen LogP contribution in [-0.2, 0) is 0 Å². The van der Waals surface area contributed by atoms with Gasteiger partial charge in [0.15, 0.2) is 0 Å². The van der Waals surface area contributed by atoms with Crippen molar-refractivity contribution in [3.05, 3.63) is 71.2 Å². The normalized spacial score (nSPS) is 18.8. The van der Waals surface area contributed by atoms with Gasteiger partial charge in [0.1, 0.15) is 21.2 Å². The molecule has 6 rings (SSSR count). The van der Waals surface area contributed by atoms with Crippen molar-refractivity contribution in [1.29, 1.82) is 0 Å². The topological polar surface area (TPSA) is 110 Å². The molecule has 4 aromatic rings. The molecule has 0 saturated heterocycles. The Morgan fingerprint density at radius 1 is 1.14 bits per heavy atom. The van der Waals surface area contributed by atoms with Crippen LogP contribution in [0.2, 0.25) is 0 Å². The first-order chi connectivity index (χ1) is 17.5. The Bertz CT molecular complexity index is 1490. The molecular weight excluding hydrogens is 474 g/mol. The fourth-order valence-corrected chi connectivity index (χ4v) is 5.97. The molecule has 1 saturated carbocycles. The van der Waals surface area contributed by atoms with Crippen LogP contribution >= 0.6 is 11.3 Å². The summed E-state index contributed by atoms with van der Waals surface area (Å²) in [6, 6.07) is 16.8. The van der Waals surface area contributed by atoms with E-state index in [1.54, 1.807) is 11.1 Å². The number of aromatic nitrogens is 1. The van der Waals surface area contributed by atoms with Crippen LogP contribution in [-0.4, -0.2) is 29.0 Å². The lowest BCUT2D eigenvalue weighted by atomic mass is 10.1. The van der Waals surface area contributed by atoms with Gasteiger partial charge in [0, 0.05) is 18.3 Å².